The molecule has 0 radical (unpaired) electrons. The number of hydrogen-bond acceptors (Lipinski definition) is 5. The Bertz CT molecular complexity index is 671. The molecule has 24 heavy (non-hydrogen) atoms. The lowest BCUT2D eigenvalue weighted by Crippen LogP contribution is -2.42. The zero-order valence-corrected chi connectivity index (χ0v) is 14.4. The molecule has 0 saturated carbocycles. The van der Waals surface area contributed by atoms with Crippen LogP contribution in [0.5, 0.6) is 0 Å². The first-order valence-electron chi connectivity index (χ1n) is 8.06. The van der Waals surface area contributed by atoms with Crippen LogP contribution in [-0.4, -0.2) is 44.6 Å². The molecule has 0 aliphatic carbocycles. The number of thiophene rings is 1. The molecule has 2 aromatic heterocycles. The first kappa shape index (κ1) is 16.6. The van der Waals surface area contributed by atoms with Crippen LogP contribution in [0, 0.1) is 0 Å². The zero-order valence-electron chi connectivity index (χ0n) is 13.6. The minimum Gasteiger partial charge on any atom is -0.348 e. The van der Waals surface area contributed by atoms with Crippen LogP contribution < -0.4 is 5.32 Å². The number of aromatic nitrogens is 3. The van der Waals surface area contributed by atoms with Crippen LogP contribution >= 0.6 is 11.3 Å². The summed E-state index contributed by atoms with van der Waals surface area (Å²) in [4.78, 5) is 31.1. The van der Waals surface area contributed by atoms with Gasteiger partial charge in [-0.05, 0) is 24.3 Å². The lowest BCUT2D eigenvalue weighted by molar-refractivity contribution is -0.133. The van der Waals surface area contributed by atoms with E-state index in [0.717, 1.165) is 24.3 Å². The van der Waals surface area contributed by atoms with E-state index in [0.29, 0.717) is 6.54 Å². The summed E-state index contributed by atoms with van der Waals surface area (Å²) >= 11 is 1.55. The third-order valence-corrected chi connectivity index (χ3v) is 5.19. The Morgan fingerprint density at radius 3 is 3.04 bits per heavy atom. The number of hydrogen-bond donors (Lipinski definition) is 1. The Balaban J connectivity index is 1.65. The molecular formula is C16H21N5O2S. The van der Waals surface area contributed by atoms with E-state index in [-0.39, 0.29) is 30.3 Å². The van der Waals surface area contributed by atoms with Gasteiger partial charge in [-0.15, -0.1) is 11.3 Å². The number of nitrogens with one attached hydrogen (secondary N) is 1. The third-order valence-electron chi connectivity index (χ3n) is 4.20. The molecule has 8 heteroatoms. The van der Waals surface area contributed by atoms with Crippen molar-refractivity contribution < 1.29 is 9.59 Å². The second-order valence-corrected chi connectivity index (χ2v) is 6.96. The van der Waals surface area contributed by atoms with Crippen molar-refractivity contribution >= 4 is 23.2 Å². The summed E-state index contributed by atoms with van der Waals surface area (Å²) in [5.74, 6) is -0.0627. The van der Waals surface area contributed by atoms with Crippen molar-refractivity contribution in [3.63, 3.8) is 0 Å². The summed E-state index contributed by atoms with van der Waals surface area (Å²) in [5.41, 5.74) is 0. The van der Waals surface area contributed by atoms with Crippen molar-refractivity contribution in [2.24, 2.45) is 0 Å². The van der Waals surface area contributed by atoms with Gasteiger partial charge in [-0.3, -0.25) is 9.59 Å². The molecule has 1 saturated heterocycles. The highest BCUT2D eigenvalue weighted by Gasteiger charge is 2.27. The number of likely N-dealkylation sites (tertiary alicyclic amines) is 1. The maximum absolute atomic E-state index is 12.7. The van der Waals surface area contributed by atoms with Gasteiger partial charge in [0.1, 0.15) is 12.7 Å². The van der Waals surface area contributed by atoms with Gasteiger partial charge in [0, 0.05) is 24.9 Å². The van der Waals surface area contributed by atoms with Crippen molar-refractivity contribution in [1.82, 2.24) is 25.0 Å². The molecule has 7 nitrogen and oxygen atoms in total. The Morgan fingerprint density at radius 2 is 2.38 bits per heavy atom. The molecule has 2 aromatic rings. The minimum absolute atomic E-state index is 0.0620. The summed E-state index contributed by atoms with van der Waals surface area (Å²) in [7, 11) is 0. The Labute approximate surface area is 144 Å². The Kier molecular flexibility index (Phi) is 5.24. The molecule has 2 atom stereocenters. The highest BCUT2D eigenvalue weighted by atomic mass is 32.1. The van der Waals surface area contributed by atoms with Gasteiger partial charge in [-0.2, -0.15) is 5.10 Å². The van der Waals surface area contributed by atoms with Crippen molar-refractivity contribution in [3.8, 4) is 0 Å². The van der Waals surface area contributed by atoms with Gasteiger partial charge in [0.05, 0.1) is 18.5 Å². The van der Waals surface area contributed by atoms with Gasteiger partial charge in [-0.25, -0.2) is 9.67 Å². The van der Waals surface area contributed by atoms with Crippen LogP contribution in [0.4, 0.5) is 0 Å². The van der Waals surface area contributed by atoms with Crippen molar-refractivity contribution in [3.05, 3.63) is 35.0 Å². The van der Waals surface area contributed by atoms with E-state index < -0.39 is 0 Å². The van der Waals surface area contributed by atoms with Gasteiger partial charge < -0.3 is 10.2 Å². The topological polar surface area (TPSA) is 80.1 Å². The molecule has 0 bridgehead atoms. The minimum atomic E-state index is -0.262. The summed E-state index contributed by atoms with van der Waals surface area (Å²) < 4.78 is 1.82. The number of carbonyl (C=O) groups is 2. The smallest absolute Gasteiger partial charge is 0.225 e. The molecule has 1 aliphatic rings. The number of rotatable bonds is 5. The van der Waals surface area contributed by atoms with Crippen molar-refractivity contribution in [1.29, 1.82) is 0 Å². The fourth-order valence-corrected chi connectivity index (χ4v) is 3.84. The van der Waals surface area contributed by atoms with Crippen molar-refractivity contribution in [2.75, 3.05) is 13.1 Å². The van der Waals surface area contributed by atoms with E-state index in [1.807, 2.05) is 27.1 Å². The van der Waals surface area contributed by atoms with Crippen LogP contribution in [-0.2, 0) is 9.59 Å². The van der Waals surface area contributed by atoms with Gasteiger partial charge in [-0.1, -0.05) is 6.07 Å². The lowest BCUT2D eigenvalue weighted by Gasteiger charge is -2.33. The highest BCUT2D eigenvalue weighted by Crippen LogP contribution is 2.25. The molecule has 2 amide bonds. The van der Waals surface area contributed by atoms with Gasteiger partial charge >= 0.3 is 0 Å². The molecule has 0 aromatic carbocycles. The number of piperidine rings is 1. The maximum atomic E-state index is 12.7. The summed E-state index contributed by atoms with van der Waals surface area (Å²) in [6.07, 6.45) is 5.44. The van der Waals surface area contributed by atoms with E-state index in [1.54, 1.807) is 17.7 Å². The standard InChI is InChI=1S/C16H21N5O2S/c1-12(22)19-14(15-5-3-7-24-15)8-16(23)20-6-2-4-13(9-20)21-11-17-10-18-21/h3,5,7,10-11,13-14H,2,4,6,8-9H2,1H3,(H,19,22)/t13-,14+/m0/s1. The molecule has 3 rings (SSSR count). The van der Waals surface area contributed by atoms with Gasteiger partial charge in [0.15, 0.2) is 0 Å². The van der Waals surface area contributed by atoms with E-state index >= 15 is 0 Å². The van der Waals surface area contributed by atoms with E-state index in [2.05, 4.69) is 15.4 Å². The predicted molar refractivity (Wildman–Crippen MR) is 90.4 cm³/mol. The normalized spacial score (nSPS) is 19.0. The van der Waals surface area contributed by atoms with Crippen LogP contribution in [0.2, 0.25) is 0 Å². The summed E-state index contributed by atoms with van der Waals surface area (Å²) in [5, 5.41) is 9.03. The first-order valence-corrected chi connectivity index (χ1v) is 8.94. The largest absolute Gasteiger partial charge is 0.348 e. The van der Waals surface area contributed by atoms with Gasteiger partial charge in [0.2, 0.25) is 11.8 Å². The fraction of sp³-hybridized carbons (Fsp3) is 0.500. The van der Waals surface area contributed by atoms with E-state index in [9.17, 15) is 9.59 Å². The quantitative estimate of drug-likeness (QED) is 0.894. The first-order chi connectivity index (χ1) is 11.6. The summed E-state index contributed by atoms with van der Waals surface area (Å²) in [6, 6.07) is 3.79. The van der Waals surface area contributed by atoms with Gasteiger partial charge in [0.25, 0.3) is 0 Å². The maximum Gasteiger partial charge on any atom is 0.225 e. The SMILES string of the molecule is CC(=O)N[C@H](CC(=O)N1CCC[C@H](n2cncn2)C1)c1cccs1. The lowest BCUT2D eigenvalue weighted by atomic mass is 10.0. The second-order valence-electron chi connectivity index (χ2n) is 5.98. The monoisotopic (exact) mass is 347 g/mol. The molecule has 128 valence electrons. The average Bonchev–Trinajstić information content (AvgIpc) is 3.27. The molecule has 1 N–H and O–H groups in total. The van der Waals surface area contributed by atoms with Crippen LogP contribution in [0.15, 0.2) is 30.2 Å². The van der Waals surface area contributed by atoms with Crippen molar-refractivity contribution in [2.45, 2.75) is 38.3 Å². The molecule has 0 unspecified atom stereocenters. The molecular weight excluding hydrogens is 326 g/mol. The Hall–Kier alpha value is -2.22. The average molecular weight is 347 g/mol. The van der Waals surface area contributed by atoms with Crippen LogP contribution in [0.25, 0.3) is 0 Å². The van der Waals surface area contributed by atoms with E-state index in [1.165, 1.54) is 13.3 Å². The molecule has 0 spiro atoms. The van der Waals surface area contributed by atoms with Crippen LogP contribution in [0.1, 0.15) is 43.1 Å². The summed E-state index contributed by atoms with van der Waals surface area (Å²) in [6.45, 7) is 2.87. The predicted octanol–water partition coefficient (Wildman–Crippen LogP) is 1.77. The zero-order chi connectivity index (χ0) is 16.9. The number of nitrogens with zero attached hydrogens (tertiary/aromatic N) is 4. The molecule has 1 aliphatic heterocycles. The van der Waals surface area contributed by atoms with Crippen LogP contribution in [0.3, 0.4) is 0 Å². The third kappa shape index (κ3) is 4.00. The number of amides is 2. The fourth-order valence-electron chi connectivity index (χ4n) is 3.06. The highest BCUT2D eigenvalue weighted by molar-refractivity contribution is 7.10. The second kappa shape index (κ2) is 7.57. The molecule has 1 fully saturated rings. The molecule has 3 heterocycles. The van der Waals surface area contributed by atoms with E-state index in [4.69, 9.17) is 0 Å². The Morgan fingerprint density at radius 1 is 1.50 bits per heavy atom. The number of carbonyl (C=O) groups excluding carboxylic acids is 2.